The van der Waals surface area contributed by atoms with Crippen molar-refractivity contribution in [3.05, 3.63) is 0 Å². The zero-order valence-electron chi connectivity index (χ0n) is 4.67. The Morgan fingerprint density at radius 2 is 2.25 bits per heavy atom. The Bertz CT molecular complexity index is 123. The molecule has 0 atom stereocenters. The van der Waals surface area contributed by atoms with Gasteiger partial charge in [0, 0.05) is 0 Å². The molecule has 0 saturated heterocycles. The molecule has 0 aromatic rings. The van der Waals surface area contributed by atoms with Gasteiger partial charge in [-0.2, -0.15) is 0 Å². The molecule has 0 fully saturated rings. The van der Waals surface area contributed by atoms with E-state index in [9.17, 15) is 4.79 Å². The molecule has 0 aliphatic carbocycles. The van der Waals surface area contributed by atoms with Crippen molar-refractivity contribution in [2.24, 2.45) is 4.99 Å². The Labute approximate surface area is 67.0 Å². The van der Waals surface area contributed by atoms with E-state index in [0.29, 0.717) is 0 Å². The van der Waals surface area contributed by atoms with Gasteiger partial charge in [0.1, 0.15) is 0 Å². The van der Waals surface area contributed by atoms with E-state index in [1.807, 2.05) is 0 Å². The molecule has 0 N–H and O–H groups in total. The molecule has 0 rings (SSSR count). The van der Waals surface area contributed by atoms with E-state index in [1.165, 1.54) is 6.92 Å². The van der Waals surface area contributed by atoms with Crippen molar-refractivity contribution in [1.29, 1.82) is 0 Å². The molecule has 0 aliphatic rings. The summed E-state index contributed by atoms with van der Waals surface area (Å²) in [6.07, 6.45) is 0. The topological polar surface area (TPSA) is 29.4 Å². The summed E-state index contributed by atoms with van der Waals surface area (Å²) in [7, 11) is 0. The van der Waals surface area contributed by atoms with Gasteiger partial charge in [0.25, 0.3) is 0 Å². The first-order valence-corrected chi connectivity index (χ1v) is 6.32. The van der Waals surface area contributed by atoms with Gasteiger partial charge in [-0.05, 0) is 0 Å². The summed E-state index contributed by atoms with van der Waals surface area (Å²) >= 11 is 2.58. The standard InChI is InChI=1S/C4H6NOSeTe/c1-3(6)5-4(7)8-2/h1-2H3. The van der Waals surface area contributed by atoms with Gasteiger partial charge in [-0.25, -0.2) is 0 Å². The van der Waals surface area contributed by atoms with Crippen LogP contribution in [0.3, 0.4) is 0 Å². The van der Waals surface area contributed by atoms with Crippen LogP contribution in [0.25, 0.3) is 0 Å². The second-order valence-electron chi connectivity index (χ2n) is 1.10. The first kappa shape index (κ1) is 8.65. The summed E-state index contributed by atoms with van der Waals surface area (Å²) in [4.78, 5) is 16.0. The maximum absolute atomic E-state index is 10.2. The number of rotatable bonds is 1. The molecule has 0 aromatic heterocycles. The van der Waals surface area contributed by atoms with E-state index in [0.717, 1.165) is 2.66 Å². The van der Waals surface area contributed by atoms with Crippen LogP contribution in [0.15, 0.2) is 4.99 Å². The SMILES string of the molecule is C[Te]C([Se])=NC(C)=O. The van der Waals surface area contributed by atoms with Gasteiger partial charge in [-0.1, -0.05) is 0 Å². The predicted molar refractivity (Wildman–Crippen MR) is 35.5 cm³/mol. The second-order valence-corrected chi connectivity index (χ2v) is 5.99. The van der Waals surface area contributed by atoms with E-state index in [2.05, 4.69) is 26.0 Å². The second kappa shape index (κ2) is 4.52. The molecule has 0 unspecified atom stereocenters. The van der Waals surface area contributed by atoms with Crippen LogP contribution < -0.4 is 0 Å². The molecular formula is C4H6NOSeTe. The summed E-state index contributed by atoms with van der Waals surface area (Å²) in [6, 6.07) is 0. The Kier molecular flexibility index (Phi) is 4.89. The van der Waals surface area contributed by atoms with Crippen molar-refractivity contribution < 1.29 is 4.79 Å². The number of carbonyl (C=O) groups excluding carboxylic acids is 1. The molecule has 45 valence electrons. The van der Waals surface area contributed by atoms with Gasteiger partial charge in [0.05, 0.1) is 0 Å². The Morgan fingerprint density at radius 3 is 2.38 bits per heavy atom. The van der Waals surface area contributed by atoms with E-state index in [1.54, 1.807) is 0 Å². The molecule has 8 heavy (non-hydrogen) atoms. The maximum atomic E-state index is 10.2. The van der Waals surface area contributed by atoms with E-state index in [-0.39, 0.29) is 26.8 Å². The number of hydrogen-bond donors (Lipinski definition) is 0. The normalized spacial score (nSPS) is 11.5. The molecule has 0 saturated carbocycles. The summed E-state index contributed by atoms with van der Waals surface area (Å²) in [5.41, 5.74) is 0. The zero-order valence-corrected chi connectivity index (χ0v) is 8.72. The summed E-state index contributed by atoms with van der Waals surface area (Å²) in [5.74, 6) is -0.106. The van der Waals surface area contributed by atoms with Gasteiger partial charge >= 0.3 is 67.2 Å². The van der Waals surface area contributed by atoms with Gasteiger partial charge in [-0.15, -0.1) is 0 Å². The number of amides is 1. The van der Waals surface area contributed by atoms with E-state index in [4.69, 9.17) is 0 Å². The summed E-state index contributed by atoms with van der Waals surface area (Å²) in [5, 5.41) is 0. The minimum absolute atomic E-state index is 0.106. The summed E-state index contributed by atoms with van der Waals surface area (Å²) < 4.78 is 0.905. The Balaban J connectivity index is 3.75. The Hall–Kier alpha value is 0.649. The average Bonchev–Trinajstić information content (AvgIpc) is 1.65. The van der Waals surface area contributed by atoms with Crippen LogP contribution in [0.4, 0.5) is 0 Å². The van der Waals surface area contributed by atoms with Gasteiger partial charge < -0.3 is 0 Å². The van der Waals surface area contributed by atoms with E-state index < -0.39 is 0 Å². The zero-order chi connectivity index (χ0) is 6.57. The van der Waals surface area contributed by atoms with Crippen LogP contribution in [0, 0.1) is 0 Å². The molecular weight excluding hydrogens is 285 g/mol. The van der Waals surface area contributed by atoms with Crippen molar-refractivity contribution in [1.82, 2.24) is 0 Å². The fourth-order valence-electron chi connectivity index (χ4n) is 0.174. The Morgan fingerprint density at radius 1 is 1.75 bits per heavy atom. The first-order chi connectivity index (χ1) is 3.66. The van der Waals surface area contributed by atoms with Crippen LogP contribution >= 0.6 is 0 Å². The molecule has 1 amide bonds. The molecule has 0 aliphatic heterocycles. The predicted octanol–water partition coefficient (Wildman–Crippen LogP) is -0.190. The number of nitrogens with zero attached hydrogens (tertiary/aromatic N) is 1. The number of aliphatic imine (C=N–C) groups is 1. The van der Waals surface area contributed by atoms with Gasteiger partial charge in [0.2, 0.25) is 0 Å². The molecule has 1 radical (unpaired) electrons. The van der Waals surface area contributed by atoms with Crippen LogP contribution in [0.5, 0.6) is 0 Å². The number of hydrogen-bond acceptors (Lipinski definition) is 1. The van der Waals surface area contributed by atoms with Crippen LogP contribution in [0.2, 0.25) is 4.97 Å². The quantitative estimate of drug-likeness (QED) is 0.486. The monoisotopic (exact) mass is 294 g/mol. The van der Waals surface area contributed by atoms with Crippen LogP contribution in [-0.2, 0) is 4.79 Å². The van der Waals surface area contributed by atoms with Crippen molar-refractivity contribution in [2.75, 3.05) is 0 Å². The van der Waals surface area contributed by atoms with Crippen molar-refractivity contribution in [2.45, 2.75) is 11.9 Å². The third-order valence-corrected chi connectivity index (χ3v) is 4.22. The summed E-state index contributed by atoms with van der Waals surface area (Å²) in [6.45, 7) is 1.46. The molecule has 0 bridgehead atoms. The van der Waals surface area contributed by atoms with Crippen LogP contribution in [-0.4, -0.2) is 45.5 Å². The average molecular weight is 291 g/mol. The fraction of sp³-hybridized carbons (Fsp3) is 0.500. The van der Waals surface area contributed by atoms with Gasteiger partial charge in [-0.3, -0.25) is 0 Å². The van der Waals surface area contributed by atoms with E-state index >= 15 is 0 Å². The molecule has 0 heterocycles. The van der Waals surface area contributed by atoms with Crippen molar-refractivity contribution in [3.63, 3.8) is 0 Å². The van der Waals surface area contributed by atoms with Crippen molar-refractivity contribution >= 4 is 45.5 Å². The molecule has 2 nitrogen and oxygen atoms in total. The number of carbonyl (C=O) groups is 1. The minimum atomic E-state index is -0.165. The first-order valence-electron chi connectivity index (χ1n) is 1.97. The molecule has 0 aromatic carbocycles. The molecule has 4 heteroatoms. The third-order valence-electron chi connectivity index (χ3n) is 0.423. The van der Waals surface area contributed by atoms with Gasteiger partial charge in [0.15, 0.2) is 0 Å². The fourth-order valence-corrected chi connectivity index (χ4v) is 1.07. The van der Waals surface area contributed by atoms with Crippen molar-refractivity contribution in [3.8, 4) is 0 Å². The van der Waals surface area contributed by atoms with Crippen LogP contribution in [0.1, 0.15) is 6.92 Å². The molecule has 0 spiro atoms. The third kappa shape index (κ3) is 4.80.